The highest BCUT2D eigenvalue weighted by Crippen LogP contribution is 2.17. The molecular formula is C16H15N3O. The van der Waals surface area contributed by atoms with Crippen LogP contribution in [0.25, 0.3) is 10.9 Å². The van der Waals surface area contributed by atoms with Crippen LogP contribution in [-0.2, 0) is 6.54 Å². The van der Waals surface area contributed by atoms with Crippen LogP contribution in [0.5, 0.6) is 0 Å². The van der Waals surface area contributed by atoms with Crippen LogP contribution in [0.4, 0.5) is 5.69 Å². The molecule has 1 aromatic heterocycles. The summed E-state index contributed by atoms with van der Waals surface area (Å²) >= 11 is 0. The molecule has 2 aromatic carbocycles. The van der Waals surface area contributed by atoms with Crippen molar-refractivity contribution in [2.24, 2.45) is 0 Å². The van der Waals surface area contributed by atoms with Gasteiger partial charge in [-0.25, -0.2) is 0 Å². The second kappa shape index (κ2) is 5.09. The molecule has 1 heterocycles. The number of hydrogen-bond acceptors (Lipinski definition) is 2. The Morgan fingerprint density at radius 3 is 2.85 bits per heavy atom. The number of carbonyl (C=O) groups excluding carboxylic acids is 1. The van der Waals surface area contributed by atoms with Crippen molar-refractivity contribution in [3.05, 3.63) is 65.9 Å². The minimum atomic E-state index is -0.0927. The lowest BCUT2D eigenvalue weighted by Gasteiger charge is -2.05. The average molecular weight is 265 g/mol. The maximum absolute atomic E-state index is 12.2. The van der Waals surface area contributed by atoms with Crippen molar-refractivity contribution in [1.29, 1.82) is 0 Å². The summed E-state index contributed by atoms with van der Waals surface area (Å²) in [5, 5.41) is 3.83. The first-order valence-corrected chi connectivity index (χ1v) is 6.43. The molecule has 100 valence electrons. The number of benzene rings is 2. The SMILES string of the molecule is Nc1cccc(CNC(=O)c2c[nH]c3ccccc23)c1. The van der Waals surface area contributed by atoms with Crippen LogP contribution in [0, 0.1) is 0 Å². The number of nitrogen functional groups attached to an aromatic ring is 1. The minimum Gasteiger partial charge on any atom is -0.399 e. The first-order chi connectivity index (χ1) is 9.74. The first kappa shape index (κ1) is 12.3. The van der Waals surface area contributed by atoms with Crippen LogP contribution in [0.15, 0.2) is 54.7 Å². The average Bonchev–Trinajstić information content (AvgIpc) is 2.89. The van der Waals surface area contributed by atoms with E-state index in [4.69, 9.17) is 5.73 Å². The Kier molecular flexibility index (Phi) is 3.13. The highest BCUT2D eigenvalue weighted by atomic mass is 16.1. The first-order valence-electron chi connectivity index (χ1n) is 6.43. The standard InChI is InChI=1S/C16H15N3O/c17-12-5-3-4-11(8-12)9-19-16(20)14-10-18-15-7-2-1-6-13(14)15/h1-8,10,18H,9,17H2,(H,19,20). The number of H-pyrrole nitrogens is 1. The normalized spacial score (nSPS) is 10.6. The summed E-state index contributed by atoms with van der Waals surface area (Å²) in [5.41, 5.74) is 9.02. The van der Waals surface area contributed by atoms with Gasteiger partial charge in [-0.1, -0.05) is 30.3 Å². The number of amides is 1. The number of carbonyl (C=O) groups is 1. The molecule has 3 aromatic rings. The van der Waals surface area contributed by atoms with Crippen LogP contribution in [0.3, 0.4) is 0 Å². The quantitative estimate of drug-likeness (QED) is 0.637. The van der Waals surface area contributed by atoms with Gasteiger partial charge in [0.15, 0.2) is 0 Å². The lowest BCUT2D eigenvalue weighted by molar-refractivity contribution is 0.0952. The maximum atomic E-state index is 12.2. The van der Waals surface area contributed by atoms with Crippen LogP contribution in [0.2, 0.25) is 0 Å². The maximum Gasteiger partial charge on any atom is 0.253 e. The van der Waals surface area contributed by atoms with Gasteiger partial charge in [-0.3, -0.25) is 4.79 Å². The van der Waals surface area contributed by atoms with E-state index in [1.807, 2.05) is 48.5 Å². The number of aromatic amines is 1. The molecule has 0 saturated carbocycles. The third-order valence-corrected chi connectivity index (χ3v) is 3.24. The summed E-state index contributed by atoms with van der Waals surface area (Å²) in [4.78, 5) is 15.3. The minimum absolute atomic E-state index is 0.0927. The van der Waals surface area contributed by atoms with E-state index >= 15 is 0 Å². The number of nitrogens with two attached hydrogens (primary N) is 1. The van der Waals surface area contributed by atoms with E-state index in [9.17, 15) is 4.79 Å². The summed E-state index contributed by atoms with van der Waals surface area (Å²) in [6, 6.07) is 15.2. The predicted molar refractivity (Wildman–Crippen MR) is 80.3 cm³/mol. The van der Waals surface area contributed by atoms with Gasteiger partial charge in [0.05, 0.1) is 5.56 Å². The van der Waals surface area contributed by atoms with E-state index in [1.54, 1.807) is 6.20 Å². The van der Waals surface area contributed by atoms with Gasteiger partial charge >= 0.3 is 0 Å². The number of aromatic nitrogens is 1. The lowest BCUT2D eigenvalue weighted by atomic mass is 10.1. The van der Waals surface area contributed by atoms with Crippen LogP contribution in [-0.4, -0.2) is 10.9 Å². The Morgan fingerprint density at radius 2 is 2.00 bits per heavy atom. The molecule has 1 amide bonds. The zero-order valence-electron chi connectivity index (χ0n) is 10.9. The summed E-state index contributed by atoms with van der Waals surface area (Å²) in [5.74, 6) is -0.0927. The molecule has 0 radical (unpaired) electrons. The molecule has 4 N–H and O–H groups in total. The van der Waals surface area contributed by atoms with E-state index < -0.39 is 0 Å². The molecule has 0 bridgehead atoms. The molecule has 4 heteroatoms. The monoisotopic (exact) mass is 265 g/mol. The molecule has 4 nitrogen and oxygen atoms in total. The van der Waals surface area contributed by atoms with Crippen LogP contribution < -0.4 is 11.1 Å². The molecule has 0 aliphatic carbocycles. The van der Waals surface area contributed by atoms with E-state index in [-0.39, 0.29) is 5.91 Å². The van der Waals surface area contributed by atoms with Gasteiger partial charge in [0.1, 0.15) is 0 Å². The number of rotatable bonds is 3. The number of anilines is 1. The van der Waals surface area contributed by atoms with E-state index in [2.05, 4.69) is 10.3 Å². The highest BCUT2D eigenvalue weighted by molar-refractivity contribution is 6.06. The van der Waals surface area contributed by atoms with Crippen molar-refractivity contribution in [2.45, 2.75) is 6.54 Å². The molecule has 0 spiro atoms. The number of para-hydroxylation sites is 1. The fourth-order valence-corrected chi connectivity index (χ4v) is 2.24. The van der Waals surface area contributed by atoms with Crippen molar-refractivity contribution in [3.63, 3.8) is 0 Å². The number of hydrogen-bond donors (Lipinski definition) is 3. The Balaban J connectivity index is 1.76. The second-order valence-corrected chi connectivity index (χ2v) is 4.68. The fraction of sp³-hybridized carbons (Fsp3) is 0.0625. The number of fused-ring (bicyclic) bond motifs is 1. The van der Waals surface area contributed by atoms with Gasteiger partial charge in [0.25, 0.3) is 5.91 Å². The van der Waals surface area contributed by atoms with E-state index in [1.165, 1.54) is 0 Å². The van der Waals surface area contributed by atoms with Crippen molar-refractivity contribution in [1.82, 2.24) is 10.3 Å². The van der Waals surface area contributed by atoms with Crippen LogP contribution >= 0.6 is 0 Å². The molecule has 0 unspecified atom stereocenters. The van der Waals surface area contributed by atoms with Gasteiger partial charge in [-0.15, -0.1) is 0 Å². The third kappa shape index (κ3) is 2.36. The topological polar surface area (TPSA) is 70.9 Å². The Hall–Kier alpha value is -2.75. The summed E-state index contributed by atoms with van der Waals surface area (Å²) in [6.45, 7) is 0.462. The fourth-order valence-electron chi connectivity index (χ4n) is 2.24. The largest absolute Gasteiger partial charge is 0.399 e. The Morgan fingerprint density at radius 1 is 1.15 bits per heavy atom. The Bertz CT molecular complexity index is 761. The molecule has 0 atom stereocenters. The van der Waals surface area contributed by atoms with Crippen LogP contribution in [0.1, 0.15) is 15.9 Å². The van der Waals surface area contributed by atoms with Gasteiger partial charge in [-0.2, -0.15) is 0 Å². The second-order valence-electron chi connectivity index (χ2n) is 4.68. The molecule has 3 rings (SSSR count). The zero-order valence-corrected chi connectivity index (χ0v) is 10.9. The summed E-state index contributed by atoms with van der Waals surface area (Å²) in [7, 11) is 0. The lowest BCUT2D eigenvalue weighted by Crippen LogP contribution is -2.22. The summed E-state index contributed by atoms with van der Waals surface area (Å²) in [6.07, 6.45) is 1.74. The zero-order chi connectivity index (χ0) is 13.9. The van der Waals surface area contributed by atoms with Gasteiger partial charge < -0.3 is 16.0 Å². The van der Waals surface area contributed by atoms with Gasteiger partial charge in [-0.05, 0) is 23.8 Å². The van der Waals surface area contributed by atoms with Crippen molar-refractivity contribution in [3.8, 4) is 0 Å². The molecule has 0 aliphatic rings. The summed E-state index contributed by atoms with van der Waals surface area (Å²) < 4.78 is 0. The van der Waals surface area contributed by atoms with Crippen molar-refractivity contribution in [2.75, 3.05) is 5.73 Å². The van der Waals surface area contributed by atoms with E-state index in [0.29, 0.717) is 17.8 Å². The molecule has 0 fully saturated rings. The molecule has 0 saturated heterocycles. The highest BCUT2D eigenvalue weighted by Gasteiger charge is 2.10. The molecular weight excluding hydrogens is 250 g/mol. The molecule has 0 aliphatic heterocycles. The van der Waals surface area contributed by atoms with Crippen molar-refractivity contribution >= 4 is 22.5 Å². The molecule has 20 heavy (non-hydrogen) atoms. The third-order valence-electron chi connectivity index (χ3n) is 3.24. The smallest absolute Gasteiger partial charge is 0.253 e. The van der Waals surface area contributed by atoms with Gasteiger partial charge in [0, 0.05) is 29.3 Å². The number of nitrogens with one attached hydrogen (secondary N) is 2. The van der Waals surface area contributed by atoms with Crippen molar-refractivity contribution < 1.29 is 4.79 Å². The van der Waals surface area contributed by atoms with E-state index in [0.717, 1.165) is 16.5 Å². The Labute approximate surface area is 116 Å². The van der Waals surface area contributed by atoms with Gasteiger partial charge in [0.2, 0.25) is 0 Å². The predicted octanol–water partition coefficient (Wildman–Crippen LogP) is 2.68.